The van der Waals surface area contributed by atoms with Gasteiger partial charge in [-0.15, -0.1) is 0 Å². The number of rotatable bonds is 9. The summed E-state index contributed by atoms with van der Waals surface area (Å²) in [7, 11) is 0. The van der Waals surface area contributed by atoms with Crippen molar-refractivity contribution in [3.8, 4) is 22.6 Å². The van der Waals surface area contributed by atoms with Crippen LogP contribution in [0.5, 0.6) is 11.5 Å². The third-order valence-corrected chi connectivity index (χ3v) is 5.96. The fraction of sp³-hybridized carbons (Fsp3) is 0.0690. The van der Waals surface area contributed by atoms with Gasteiger partial charge in [-0.2, -0.15) is 0 Å². The van der Waals surface area contributed by atoms with E-state index in [1.54, 1.807) is 36.4 Å². The summed E-state index contributed by atoms with van der Waals surface area (Å²) in [6.45, 7) is 0.195. The lowest BCUT2D eigenvalue weighted by Gasteiger charge is -2.15. The molecule has 5 rings (SSSR count). The zero-order valence-electron chi connectivity index (χ0n) is 20.3. The van der Waals surface area contributed by atoms with E-state index >= 15 is 0 Å². The predicted molar refractivity (Wildman–Crippen MR) is 143 cm³/mol. The van der Waals surface area contributed by atoms with Crippen molar-refractivity contribution in [2.75, 3.05) is 0 Å². The van der Waals surface area contributed by atoms with Crippen LogP contribution in [0.2, 0.25) is 0 Å². The Hall–Kier alpha value is -5.51. The van der Waals surface area contributed by atoms with E-state index < -0.39 is 15.5 Å². The van der Waals surface area contributed by atoms with Gasteiger partial charge in [0.15, 0.2) is 0 Å². The van der Waals surface area contributed by atoms with E-state index in [0.29, 0.717) is 33.6 Å². The highest BCUT2D eigenvalue weighted by Gasteiger charge is 2.16. The normalized spacial score (nSPS) is 10.8. The Morgan fingerprint density at radius 3 is 1.82 bits per heavy atom. The van der Waals surface area contributed by atoms with Crippen LogP contribution in [0.3, 0.4) is 0 Å². The summed E-state index contributed by atoms with van der Waals surface area (Å²) >= 11 is 0. The largest absolute Gasteiger partial charge is 0.489 e. The van der Waals surface area contributed by atoms with Crippen molar-refractivity contribution in [1.29, 1.82) is 0 Å². The fourth-order valence-electron chi connectivity index (χ4n) is 4.04. The second kappa shape index (κ2) is 10.9. The number of nitrogens with zero attached hydrogens (tertiary/aromatic N) is 2. The lowest BCUT2D eigenvalue weighted by molar-refractivity contribution is -0.385. The van der Waals surface area contributed by atoms with Crippen LogP contribution in [0.4, 0.5) is 11.4 Å². The predicted octanol–water partition coefficient (Wildman–Crippen LogP) is 6.43. The SMILES string of the molecule is O=c1cc(-c2ccccc2)c2c(OCc3ccc([N+](=O)[O-])cc3)cc(OCc3ccc([N+](=O)[O-])cc3)cc2o1. The van der Waals surface area contributed by atoms with Crippen LogP contribution in [0, 0.1) is 20.2 Å². The molecule has 10 nitrogen and oxygen atoms in total. The summed E-state index contributed by atoms with van der Waals surface area (Å²) in [5.74, 6) is 0.736. The highest BCUT2D eigenvalue weighted by molar-refractivity contribution is 5.98. The molecule has 0 atom stereocenters. The first-order chi connectivity index (χ1) is 18.9. The molecule has 0 fully saturated rings. The van der Waals surface area contributed by atoms with Crippen LogP contribution in [0.1, 0.15) is 11.1 Å². The summed E-state index contributed by atoms with van der Waals surface area (Å²) in [5.41, 5.74) is 2.45. The molecule has 0 radical (unpaired) electrons. The highest BCUT2D eigenvalue weighted by Crippen LogP contribution is 2.38. The van der Waals surface area contributed by atoms with Gasteiger partial charge >= 0.3 is 5.63 Å². The Morgan fingerprint density at radius 1 is 0.692 bits per heavy atom. The zero-order chi connectivity index (χ0) is 27.4. The molecular weight excluding hydrogens is 504 g/mol. The van der Waals surface area contributed by atoms with Crippen LogP contribution in [-0.4, -0.2) is 9.85 Å². The molecule has 0 amide bonds. The summed E-state index contributed by atoms with van der Waals surface area (Å²) in [6.07, 6.45) is 0. The van der Waals surface area contributed by atoms with Gasteiger partial charge in [0.1, 0.15) is 30.3 Å². The van der Waals surface area contributed by atoms with Gasteiger partial charge in [-0.25, -0.2) is 4.79 Å². The smallest absolute Gasteiger partial charge is 0.336 e. The first kappa shape index (κ1) is 25.2. The minimum atomic E-state index is -0.546. The van der Waals surface area contributed by atoms with Gasteiger partial charge < -0.3 is 13.9 Å². The molecule has 0 aliphatic carbocycles. The molecule has 0 N–H and O–H groups in total. The molecule has 10 heteroatoms. The average molecular weight is 524 g/mol. The number of hydrogen-bond donors (Lipinski definition) is 0. The standard InChI is InChI=1S/C29H20N2O8/c32-28-16-25(21-4-2-1-3-5-21)29-26(38-18-20-8-12-23(13-9-20)31(35)36)14-24(15-27(29)39-28)37-17-19-6-10-22(11-7-19)30(33)34/h1-16H,17-18H2. The molecule has 39 heavy (non-hydrogen) atoms. The van der Waals surface area contributed by atoms with E-state index in [1.807, 2.05) is 30.3 Å². The fourth-order valence-corrected chi connectivity index (χ4v) is 4.04. The minimum Gasteiger partial charge on any atom is -0.489 e. The molecule has 0 saturated heterocycles. The number of benzene rings is 4. The average Bonchev–Trinajstić information content (AvgIpc) is 2.95. The Morgan fingerprint density at radius 2 is 1.26 bits per heavy atom. The number of nitro benzene ring substituents is 2. The molecule has 0 bridgehead atoms. The topological polar surface area (TPSA) is 135 Å². The van der Waals surface area contributed by atoms with Gasteiger partial charge in [0.25, 0.3) is 11.4 Å². The molecule has 0 aliphatic heterocycles. The maximum Gasteiger partial charge on any atom is 0.336 e. The Bertz CT molecular complexity index is 1710. The van der Waals surface area contributed by atoms with Gasteiger partial charge in [-0.3, -0.25) is 20.2 Å². The van der Waals surface area contributed by atoms with E-state index in [2.05, 4.69) is 0 Å². The molecule has 0 saturated carbocycles. The quantitative estimate of drug-likeness (QED) is 0.122. The number of ether oxygens (including phenoxy) is 2. The number of non-ortho nitro benzene ring substituents is 2. The molecule has 0 spiro atoms. The van der Waals surface area contributed by atoms with Crippen molar-refractivity contribution in [2.45, 2.75) is 13.2 Å². The molecule has 4 aromatic carbocycles. The van der Waals surface area contributed by atoms with Crippen molar-refractivity contribution in [3.63, 3.8) is 0 Å². The van der Waals surface area contributed by atoms with Crippen LogP contribution in [0.25, 0.3) is 22.1 Å². The first-order valence-electron chi connectivity index (χ1n) is 11.8. The summed E-state index contributed by atoms with van der Waals surface area (Å²) in [6, 6.07) is 26.0. The van der Waals surface area contributed by atoms with Gasteiger partial charge in [-0.1, -0.05) is 30.3 Å². The number of fused-ring (bicyclic) bond motifs is 1. The lowest BCUT2D eigenvalue weighted by Crippen LogP contribution is -2.03. The monoisotopic (exact) mass is 524 g/mol. The van der Waals surface area contributed by atoms with Gasteiger partial charge in [0.2, 0.25) is 0 Å². The van der Waals surface area contributed by atoms with Crippen molar-refractivity contribution in [2.24, 2.45) is 0 Å². The van der Waals surface area contributed by atoms with Crippen molar-refractivity contribution in [1.82, 2.24) is 0 Å². The van der Waals surface area contributed by atoms with E-state index in [1.165, 1.54) is 30.3 Å². The summed E-state index contributed by atoms with van der Waals surface area (Å²) in [4.78, 5) is 33.4. The molecule has 0 unspecified atom stereocenters. The van der Waals surface area contributed by atoms with E-state index in [0.717, 1.165) is 5.56 Å². The molecule has 1 heterocycles. The maximum absolute atomic E-state index is 12.5. The third-order valence-electron chi connectivity index (χ3n) is 5.96. The Kier molecular flexibility index (Phi) is 7.00. The third kappa shape index (κ3) is 5.75. The Labute approximate surface area is 221 Å². The molecular formula is C29H20N2O8. The molecule has 0 aliphatic rings. The second-order valence-corrected chi connectivity index (χ2v) is 8.56. The van der Waals surface area contributed by atoms with Crippen molar-refractivity contribution in [3.05, 3.63) is 139 Å². The maximum atomic E-state index is 12.5. The van der Waals surface area contributed by atoms with E-state index in [-0.39, 0.29) is 30.2 Å². The van der Waals surface area contributed by atoms with Crippen LogP contribution in [0.15, 0.2) is 106 Å². The number of hydrogen-bond acceptors (Lipinski definition) is 8. The Balaban J connectivity index is 1.52. The van der Waals surface area contributed by atoms with E-state index in [9.17, 15) is 25.0 Å². The van der Waals surface area contributed by atoms with Crippen LogP contribution in [-0.2, 0) is 13.2 Å². The zero-order valence-corrected chi connectivity index (χ0v) is 20.3. The summed E-state index contributed by atoms with van der Waals surface area (Å²) < 4.78 is 17.6. The van der Waals surface area contributed by atoms with Gasteiger partial charge in [0, 0.05) is 48.0 Å². The molecule has 194 valence electrons. The summed E-state index contributed by atoms with van der Waals surface area (Å²) in [5, 5.41) is 22.5. The minimum absolute atomic E-state index is 0.0263. The highest BCUT2D eigenvalue weighted by atomic mass is 16.6. The van der Waals surface area contributed by atoms with E-state index in [4.69, 9.17) is 13.9 Å². The molecule has 5 aromatic rings. The molecule has 1 aromatic heterocycles. The number of nitro groups is 2. The second-order valence-electron chi connectivity index (χ2n) is 8.56. The van der Waals surface area contributed by atoms with Crippen LogP contribution >= 0.6 is 0 Å². The van der Waals surface area contributed by atoms with Crippen molar-refractivity contribution >= 4 is 22.3 Å². The van der Waals surface area contributed by atoms with Gasteiger partial charge in [0.05, 0.1) is 15.2 Å². The van der Waals surface area contributed by atoms with Gasteiger partial charge in [-0.05, 0) is 41.0 Å². The lowest BCUT2D eigenvalue weighted by atomic mass is 10.0. The van der Waals surface area contributed by atoms with Crippen LogP contribution < -0.4 is 15.1 Å². The van der Waals surface area contributed by atoms with Crippen molar-refractivity contribution < 1.29 is 23.7 Å². The first-order valence-corrected chi connectivity index (χ1v) is 11.8.